The van der Waals surface area contributed by atoms with E-state index in [4.69, 9.17) is 12.2 Å². The van der Waals surface area contributed by atoms with E-state index in [1.807, 2.05) is 24.3 Å². The van der Waals surface area contributed by atoms with Crippen molar-refractivity contribution in [3.63, 3.8) is 0 Å². The Morgan fingerprint density at radius 3 is 2.20 bits per heavy atom. The van der Waals surface area contributed by atoms with Crippen LogP contribution in [0.5, 0.6) is 0 Å². The van der Waals surface area contributed by atoms with Gasteiger partial charge in [-0.2, -0.15) is 0 Å². The first-order valence-corrected chi connectivity index (χ1v) is 3.52. The van der Waals surface area contributed by atoms with Gasteiger partial charge in [0.2, 0.25) is 0 Å². The molecule has 0 atom stereocenters. The lowest BCUT2D eigenvalue weighted by Crippen LogP contribution is -1.81. The zero-order chi connectivity index (χ0) is 7.40. The fraction of sp³-hybridized carbons (Fsp3) is 0. The molecule has 1 aromatic carbocycles. The van der Waals surface area contributed by atoms with Crippen LogP contribution in [0.4, 0.5) is 0 Å². The Balaban J connectivity index is 3.20. The molecule has 0 aromatic heterocycles. The SMILES string of the molecule is C=Cc1ccccc1C=S. The van der Waals surface area contributed by atoms with Gasteiger partial charge in [0.1, 0.15) is 0 Å². The van der Waals surface area contributed by atoms with Crippen LogP contribution < -0.4 is 0 Å². The highest BCUT2D eigenvalue weighted by molar-refractivity contribution is 7.79. The molecule has 0 saturated heterocycles. The van der Waals surface area contributed by atoms with Crippen molar-refractivity contribution in [3.05, 3.63) is 42.0 Å². The topological polar surface area (TPSA) is 0 Å². The van der Waals surface area contributed by atoms with E-state index in [0.29, 0.717) is 0 Å². The smallest absolute Gasteiger partial charge is 0.00921 e. The maximum absolute atomic E-state index is 4.80. The highest BCUT2D eigenvalue weighted by atomic mass is 32.1. The van der Waals surface area contributed by atoms with Gasteiger partial charge < -0.3 is 0 Å². The summed E-state index contributed by atoms with van der Waals surface area (Å²) in [4.78, 5) is 0. The second-order valence-corrected chi connectivity index (χ2v) is 2.19. The summed E-state index contributed by atoms with van der Waals surface area (Å²) in [5.41, 5.74) is 2.16. The van der Waals surface area contributed by atoms with Crippen molar-refractivity contribution in [1.82, 2.24) is 0 Å². The lowest BCUT2D eigenvalue weighted by atomic mass is 10.1. The molecule has 0 amide bonds. The molecule has 0 saturated carbocycles. The van der Waals surface area contributed by atoms with E-state index < -0.39 is 0 Å². The third kappa shape index (κ3) is 1.31. The van der Waals surface area contributed by atoms with Crippen LogP contribution in [-0.2, 0) is 0 Å². The molecule has 0 aliphatic carbocycles. The van der Waals surface area contributed by atoms with Crippen LogP contribution in [0.1, 0.15) is 11.1 Å². The minimum atomic E-state index is 1.06. The van der Waals surface area contributed by atoms with Crippen molar-refractivity contribution >= 4 is 23.7 Å². The average Bonchev–Trinajstić information content (AvgIpc) is 2.04. The zero-order valence-electron chi connectivity index (χ0n) is 5.58. The number of benzene rings is 1. The highest BCUT2D eigenvalue weighted by Crippen LogP contribution is 2.06. The Kier molecular flexibility index (Phi) is 2.35. The molecule has 0 aliphatic heterocycles. The quantitative estimate of drug-likeness (QED) is 0.581. The maximum atomic E-state index is 4.80. The van der Waals surface area contributed by atoms with Crippen molar-refractivity contribution in [2.75, 3.05) is 0 Å². The van der Waals surface area contributed by atoms with E-state index in [0.717, 1.165) is 11.1 Å². The Morgan fingerprint density at radius 2 is 1.80 bits per heavy atom. The van der Waals surface area contributed by atoms with Gasteiger partial charge in [-0.05, 0) is 11.1 Å². The van der Waals surface area contributed by atoms with E-state index in [1.54, 1.807) is 11.4 Å². The van der Waals surface area contributed by atoms with Crippen LogP contribution in [0.25, 0.3) is 6.08 Å². The summed E-state index contributed by atoms with van der Waals surface area (Å²) < 4.78 is 0. The van der Waals surface area contributed by atoms with Gasteiger partial charge in [0, 0.05) is 5.37 Å². The first-order chi connectivity index (χ1) is 4.88. The normalized spacial score (nSPS) is 8.80. The Bertz CT molecular complexity index is 224. The largest absolute Gasteiger partial charge is 0.0984 e. The van der Waals surface area contributed by atoms with Gasteiger partial charge >= 0.3 is 0 Å². The summed E-state index contributed by atoms with van der Waals surface area (Å²) in [7, 11) is 0. The van der Waals surface area contributed by atoms with Gasteiger partial charge in [-0.3, -0.25) is 0 Å². The van der Waals surface area contributed by atoms with Crippen LogP contribution in [0.15, 0.2) is 30.8 Å². The number of hydrogen-bond acceptors (Lipinski definition) is 1. The summed E-state index contributed by atoms with van der Waals surface area (Å²) in [6, 6.07) is 7.90. The first kappa shape index (κ1) is 7.16. The lowest BCUT2D eigenvalue weighted by molar-refractivity contribution is 1.64. The van der Waals surface area contributed by atoms with Crippen molar-refractivity contribution in [1.29, 1.82) is 0 Å². The maximum Gasteiger partial charge on any atom is 0.00921 e. The summed E-state index contributed by atoms with van der Waals surface area (Å²) in [5, 5.41) is 1.66. The number of thiocarbonyl (C=S) groups is 1. The predicted octanol–water partition coefficient (Wildman–Crippen LogP) is 2.68. The van der Waals surface area contributed by atoms with Crippen molar-refractivity contribution in [2.24, 2.45) is 0 Å². The van der Waals surface area contributed by atoms with Gasteiger partial charge in [0.25, 0.3) is 0 Å². The molecule has 0 radical (unpaired) electrons. The minimum Gasteiger partial charge on any atom is -0.0984 e. The third-order valence-corrected chi connectivity index (χ3v) is 1.60. The molecule has 50 valence electrons. The summed E-state index contributed by atoms with van der Waals surface area (Å²) in [6.45, 7) is 3.67. The highest BCUT2D eigenvalue weighted by Gasteiger charge is 1.90. The van der Waals surface area contributed by atoms with Gasteiger partial charge in [-0.15, -0.1) is 0 Å². The van der Waals surface area contributed by atoms with E-state index >= 15 is 0 Å². The molecule has 0 aliphatic rings. The van der Waals surface area contributed by atoms with Crippen LogP contribution in [0.3, 0.4) is 0 Å². The number of hydrogen-bond donors (Lipinski definition) is 0. The van der Waals surface area contributed by atoms with E-state index in [2.05, 4.69) is 6.58 Å². The zero-order valence-corrected chi connectivity index (χ0v) is 6.40. The van der Waals surface area contributed by atoms with Crippen LogP contribution in [-0.4, -0.2) is 5.37 Å². The third-order valence-electron chi connectivity index (χ3n) is 1.34. The molecular weight excluding hydrogens is 140 g/mol. The molecule has 0 nitrogen and oxygen atoms in total. The van der Waals surface area contributed by atoms with Gasteiger partial charge in [0.05, 0.1) is 0 Å². The molecule has 1 aromatic rings. The average molecular weight is 148 g/mol. The molecule has 0 fully saturated rings. The minimum absolute atomic E-state index is 1.06. The summed E-state index contributed by atoms with van der Waals surface area (Å²) in [6.07, 6.45) is 1.80. The monoisotopic (exact) mass is 148 g/mol. The van der Waals surface area contributed by atoms with Gasteiger partial charge in [0.15, 0.2) is 0 Å². The molecule has 0 unspecified atom stereocenters. The van der Waals surface area contributed by atoms with Gasteiger partial charge in [-0.1, -0.05) is 49.1 Å². The fourth-order valence-electron chi connectivity index (χ4n) is 0.804. The van der Waals surface area contributed by atoms with Crippen molar-refractivity contribution in [2.45, 2.75) is 0 Å². The fourth-order valence-corrected chi connectivity index (χ4v) is 1.02. The number of rotatable bonds is 2. The van der Waals surface area contributed by atoms with E-state index in [-0.39, 0.29) is 0 Å². The summed E-state index contributed by atoms with van der Waals surface area (Å²) >= 11 is 4.80. The molecule has 1 heteroatoms. The van der Waals surface area contributed by atoms with E-state index in [9.17, 15) is 0 Å². The molecule has 1 rings (SSSR count). The van der Waals surface area contributed by atoms with E-state index in [1.165, 1.54) is 0 Å². The second kappa shape index (κ2) is 3.28. The Hall–Kier alpha value is -0.950. The molecule has 0 spiro atoms. The van der Waals surface area contributed by atoms with Gasteiger partial charge in [-0.25, -0.2) is 0 Å². The molecular formula is C9H8S. The Labute approximate surface area is 66.2 Å². The molecule has 0 heterocycles. The predicted molar refractivity (Wildman–Crippen MR) is 49.3 cm³/mol. The molecule has 0 bridgehead atoms. The van der Waals surface area contributed by atoms with Crippen LogP contribution in [0.2, 0.25) is 0 Å². The van der Waals surface area contributed by atoms with Crippen molar-refractivity contribution < 1.29 is 0 Å². The lowest BCUT2D eigenvalue weighted by Gasteiger charge is -1.95. The molecule has 10 heavy (non-hydrogen) atoms. The van der Waals surface area contributed by atoms with Crippen molar-refractivity contribution in [3.8, 4) is 0 Å². The second-order valence-electron chi connectivity index (χ2n) is 1.95. The Morgan fingerprint density at radius 1 is 1.20 bits per heavy atom. The van der Waals surface area contributed by atoms with Crippen LogP contribution >= 0.6 is 12.2 Å². The molecule has 0 N–H and O–H groups in total. The standard InChI is InChI=1S/C9H8S/c1-2-8-5-3-4-6-9(8)7-10/h2-7H,1H2. The first-order valence-electron chi connectivity index (χ1n) is 3.05. The van der Waals surface area contributed by atoms with Crippen LogP contribution in [0, 0.1) is 0 Å². The summed E-state index contributed by atoms with van der Waals surface area (Å²) in [5.74, 6) is 0.